The van der Waals surface area contributed by atoms with E-state index in [1.54, 1.807) is 0 Å². The lowest BCUT2D eigenvalue weighted by atomic mass is 9.93. The molecule has 0 bridgehead atoms. The quantitative estimate of drug-likeness (QED) is 0.357. The molecule has 1 saturated heterocycles. The number of halogens is 1. The molecule has 0 radical (unpaired) electrons. The van der Waals surface area contributed by atoms with Gasteiger partial charge >= 0.3 is 13.5 Å². The Balaban J connectivity index is 2.52. The lowest BCUT2D eigenvalue weighted by Gasteiger charge is -2.31. The van der Waals surface area contributed by atoms with Gasteiger partial charge < -0.3 is 25.4 Å². The van der Waals surface area contributed by atoms with Crippen LogP contribution in [0.5, 0.6) is 0 Å². The highest BCUT2D eigenvalue weighted by molar-refractivity contribution is 7.46. The minimum atomic E-state index is -5.13. The van der Waals surface area contributed by atoms with Crippen LogP contribution in [0.15, 0.2) is 15.8 Å². The summed E-state index contributed by atoms with van der Waals surface area (Å²) in [6.45, 7) is 0.406. The number of aliphatic hydroxyl groups excluding tert-OH is 1. The molecule has 0 aliphatic carbocycles. The van der Waals surface area contributed by atoms with Gasteiger partial charge in [0.1, 0.15) is 11.7 Å². The number of nitrogens with one attached hydrogen (secondary N) is 1. The molecule has 0 saturated carbocycles. The number of aryl methyl sites for hydroxylation is 1. The number of nitrogens with zero attached hydrogens (tertiary/aromatic N) is 1. The van der Waals surface area contributed by atoms with Gasteiger partial charge in [-0.15, -0.1) is 0 Å². The van der Waals surface area contributed by atoms with E-state index in [0.29, 0.717) is 0 Å². The van der Waals surface area contributed by atoms with E-state index in [-0.39, 0.29) is 18.5 Å². The van der Waals surface area contributed by atoms with Crippen molar-refractivity contribution in [3.05, 3.63) is 32.6 Å². The number of hydrogen-bond donors (Lipinski definition) is 5. The number of aromatic nitrogens is 2. The number of H-pyrrole nitrogens is 1. The molecular formula is C12H19FN3O8P. The third-order valence-corrected chi connectivity index (χ3v) is 4.44. The van der Waals surface area contributed by atoms with E-state index < -0.39 is 49.8 Å². The van der Waals surface area contributed by atoms with Crippen molar-refractivity contribution in [3.63, 3.8) is 0 Å². The van der Waals surface area contributed by atoms with Crippen LogP contribution in [0.4, 0.5) is 4.39 Å². The Morgan fingerprint density at radius 2 is 2.16 bits per heavy atom. The molecule has 142 valence electrons. The van der Waals surface area contributed by atoms with Gasteiger partial charge in [-0.2, -0.15) is 0 Å². The van der Waals surface area contributed by atoms with E-state index >= 15 is 0 Å². The predicted molar refractivity (Wildman–Crippen MR) is 81.5 cm³/mol. The average Bonchev–Trinajstić information content (AvgIpc) is 2.76. The molecule has 2 heterocycles. The van der Waals surface area contributed by atoms with Crippen molar-refractivity contribution in [1.29, 1.82) is 0 Å². The van der Waals surface area contributed by atoms with E-state index in [1.807, 2.05) is 4.98 Å². The monoisotopic (exact) mass is 383 g/mol. The van der Waals surface area contributed by atoms with Crippen LogP contribution in [-0.2, 0) is 13.8 Å². The molecule has 1 aromatic rings. The van der Waals surface area contributed by atoms with Crippen molar-refractivity contribution in [2.24, 2.45) is 5.73 Å². The number of hydrogen-bond acceptors (Lipinski definition) is 7. The maximum Gasteiger partial charge on any atom is 0.470 e. The van der Waals surface area contributed by atoms with Crippen LogP contribution in [0.2, 0.25) is 0 Å². The van der Waals surface area contributed by atoms with E-state index in [2.05, 4.69) is 4.52 Å². The van der Waals surface area contributed by atoms with Gasteiger partial charge in [0, 0.05) is 11.8 Å². The van der Waals surface area contributed by atoms with Crippen molar-refractivity contribution in [2.75, 3.05) is 13.2 Å². The van der Waals surface area contributed by atoms with Gasteiger partial charge in [-0.25, -0.2) is 13.8 Å². The summed E-state index contributed by atoms with van der Waals surface area (Å²) in [4.78, 5) is 43.4. The average molecular weight is 383 g/mol. The molecule has 6 N–H and O–H groups in total. The Hall–Kier alpha value is -1.40. The van der Waals surface area contributed by atoms with Crippen molar-refractivity contribution in [2.45, 2.75) is 37.4 Å². The van der Waals surface area contributed by atoms with Gasteiger partial charge in [-0.1, -0.05) is 0 Å². The summed E-state index contributed by atoms with van der Waals surface area (Å²) in [6.07, 6.45) is -4.94. The lowest BCUT2D eigenvalue weighted by Crippen LogP contribution is -2.48. The van der Waals surface area contributed by atoms with Gasteiger partial charge in [-0.3, -0.25) is 18.9 Å². The second-order valence-electron chi connectivity index (χ2n) is 5.71. The number of ether oxygens (including phenoxy) is 1. The predicted octanol–water partition coefficient (Wildman–Crippen LogP) is -1.73. The van der Waals surface area contributed by atoms with Gasteiger partial charge in [0.05, 0.1) is 6.61 Å². The number of phosphoric ester groups is 1. The van der Waals surface area contributed by atoms with Crippen LogP contribution in [0.25, 0.3) is 0 Å². The molecule has 1 aliphatic rings. The fourth-order valence-electron chi connectivity index (χ4n) is 2.75. The molecule has 13 heteroatoms. The minimum Gasteiger partial charge on any atom is -0.393 e. The van der Waals surface area contributed by atoms with Crippen LogP contribution >= 0.6 is 7.82 Å². The first-order chi connectivity index (χ1) is 11.5. The first-order valence-corrected chi connectivity index (χ1v) is 8.76. The smallest absolute Gasteiger partial charge is 0.393 e. The Kier molecular flexibility index (Phi) is 5.64. The molecule has 2 rings (SSSR count). The second-order valence-corrected chi connectivity index (χ2v) is 6.90. The van der Waals surface area contributed by atoms with Gasteiger partial charge in [0.25, 0.3) is 5.56 Å². The summed E-state index contributed by atoms with van der Waals surface area (Å²) in [5.41, 5.74) is 1.97. The van der Waals surface area contributed by atoms with Crippen LogP contribution in [0, 0.1) is 6.92 Å². The molecule has 1 aromatic heterocycles. The highest BCUT2D eigenvalue weighted by Crippen LogP contribution is 2.49. The van der Waals surface area contributed by atoms with Crippen LogP contribution in [0.1, 0.15) is 18.2 Å². The van der Waals surface area contributed by atoms with E-state index in [4.69, 9.17) is 20.3 Å². The zero-order valence-corrected chi connectivity index (χ0v) is 14.1. The highest BCUT2D eigenvalue weighted by Gasteiger charge is 2.58. The first-order valence-electron chi connectivity index (χ1n) is 7.23. The van der Waals surface area contributed by atoms with Crippen molar-refractivity contribution in [1.82, 2.24) is 9.55 Å². The van der Waals surface area contributed by atoms with Crippen molar-refractivity contribution in [3.8, 4) is 0 Å². The topological polar surface area (TPSA) is 177 Å². The number of rotatable bonds is 6. The van der Waals surface area contributed by atoms with Gasteiger partial charge in [-0.05, 0) is 19.9 Å². The highest BCUT2D eigenvalue weighted by atomic mass is 31.2. The standard InChI is InChI=1S/C12H19FN3O8P/c1-6-4-16(11(19)15-9(6)18)10-7(13)8(24-25(20,21)22)12(5-17,23-10)2-3-14/h4,7-8,10,17H,2-3,5,14H2,1H3,(H,15,18,19)(H2,20,21,22)/t7?,8-,10+,12+/m0/s1. The molecule has 11 nitrogen and oxygen atoms in total. The fraction of sp³-hybridized carbons (Fsp3) is 0.667. The van der Waals surface area contributed by atoms with Gasteiger partial charge in [0.2, 0.25) is 0 Å². The molecule has 1 fully saturated rings. The largest absolute Gasteiger partial charge is 0.470 e. The van der Waals surface area contributed by atoms with Crippen LogP contribution in [0.3, 0.4) is 0 Å². The summed E-state index contributed by atoms with van der Waals surface area (Å²) in [5, 5.41) is 9.64. The van der Waals surface area contributed by atoms with Crippen LogP contribution < -0.4 is 17.0 Å². The summed E-state index contributed by atoms with van der Waals surface area (Å²) in [7, 11) is -5.13. The van der Waals surface area contributed by atoms with Gasteiger partial charge in [0.15, 0.2) is 12.4 Å². The SMILES string of the molecule is Cc1cn([C@@H]2O[C@@](CO)(CCN)[C@@H](OP(=O)(O)O)C2F)c(=O)[nH]c1=O. The number of aliphatic hydroxyl groups is 1. The van der Waals surface area contributed by atoms with Crippen LogP contribution in [-0.4, -0.2) is 55.5 Å². The Bertz CT molecular complexity index is 791. The first kappa shape index (κ1) is 19.9. The number of nitrogens with two attached hydrogens (primary N) is 1. The van der Waals surface area contributed by atoms with E-state index in [0.717, 1.165) is 10.8 Å². The molecule has 0 spiro atoms. The minimum absolute atomic E-state index is 0.0863. The number of alkyl halides is 1. The molecular weight excluding hydrogens is 364 g/mol. The zero-order chi connectivity index (χ0) is 19.0. The van der Waals surface area contributed by atoms with Crippen molar-refractivity contribution >= 4 is 7.82 Å². The molecule has 0 amide bonds. The Labute approximate surface area is 140 Å². The third-order valence-electron chi connectivity index (χ3n) is 3.94. The number of aromatic amines is 1. The summed E-state index contributed by atoms with van der Waals surface area (Å²) in [5.74, 6) is 0. The van der Waals surface area contributed by atoms with E-state index in [9.17, 15) is 23.7 Å². The molecule has 25 heavy (non-hydrogen) atoms. The second kappa shape index (κ2) is 7.08. The summed E-state index contributed by atoms with van der Waals surface area (Å²) < 4.78 is 36.7. The Morgan fingerprint density at radius 3 is 2.68 bits per heavy atom. The summed E-state index contributed by atoms with van der Waals surface area (Å²) >= 11 is 0. The lowest BCUT2D eigenvalue weighted by molar-refractivity contribution is -0.129. The Morgan fingerprint density at radius 1 is 1.52 bits per heavy atom. The van der Waals surface area contributed by atoms with E-state index in [1.165, 1.54) is 6.92 Å². The maximum absolute atomic E-state index is 14.9. The summed E-state index contributed by atoms with van der Waals surface area (Å²) in [6, 6.07) is 0. The molecule has 0 aromatic carbocycles. The zero-order valence-electron chi connectivity index (χ0n) is 13.2. The van der Waals surface area contributed by atoms with Crippen molar-refractivity contribution < 1.29 is 33.1 Å². The third kappa shape index (κ3) is 3.90. The molecule has 1 unspecified atom stereocenters. The normalized spacial score (nSPS) is 29.9. The maximum atomic E-state index is 14.9. The fourth-order valence-corrected chi connectivity index (χ4v) is 3.36. The molecule has 4 atom stereocenters. The molecule has 1 aliphatic heterocycles. The number of phosphoric acid groups is 1.